The molecule has 3 heteroatoms. The number of anilines is 1. The average molecular weight is 265 g/mol. The van der Waals surface area contributed by atoms with Crippen LogP contribution in [0.25, 0.3) is 6.08 Å². The number of hydrogen-bond donors (Lipinski definition) is 1. The molecule has 2 aromatic rings. The zero-order chi connectivity index (χ0) is 13.5. The summed E-state index contributed by atoms with van der Waals surface area (Å²) in [6, 6.07) is 18.2. The van der Waals surface area contributed by atoms with Crippen molar-refractivity contribution in [3.8, 4) is 0 Å². The molecule has 2 nitrogen and oxygen atoms in total. The van der Waals surface area contributed by atoms with Gasteiger partial charge in [0.1, 0.15) is 9.52 Å². The average Bonchev–Trinajstić information content (AvgIpc) is 2.40. The summed E-state index contributed by atoms with van der Waals surface area (Å²) in [5, 5.41) is 4.10. The highest BCUT2D eigenvalue weighted by atomic mass is 28.2. The summed E-state index contributed by atoms with van der Waals surface area (Å²) in [7, 11) is 0.655. The van der Waals surface area contributed by atoms with Gasteiger partial charge in [-0.1, -0.05) is 59.4 Å². The van der Waals surface area contributed by atoms with Crippen LogP contribution >= 0.6 is 0 Å². The Morgan fingerprint density at radius 3 is 2.63 bits per heavy atom. The van der Waals surface area contributed by atoms with Gasteiger partial charge >= 0.3 is 0 Å². The highest BCUT2D eigenvalue weighted by Gasteiger charge is 1.95. The topological polar surface area (TPSA) is 29.1 Å². The lowest BCUT2D eigenvalue weighted by atomic mass is 10.2. The van der Waals surface area contributed by atoms with Gasteiger partial charge < -0.3 is 5.32 Å². The molecule has 0 heterocycles. The molecule has 2 aromatic carbocycles. The van der Waals surface area contributed by atoms with E-state index in [0.29, 0.717) is 9.52 Å². The molecule has 1 amide bonds. The van der Waals surface area contributed by atoms with Crippen LogP contribution < -0.4 is 10.5 Å². The van der Waals surface area contributed by atoms with Crippen LogP contribution in [0.2, 0.25) is 0 Å². The van der Waals surface area contributed by atoms with Gasteiger partial charge in [-0.05, 0) is 17.7 Å². The Balaban J connectivity index is 2.00. The molecule has 2 rings (SSSR count). The standard InChI is InChI=1S/C16H15NOSi/c1-13(18)17-15-7-5-6-14(12-15)10-11-19-16-8-3-2-4-9-16/h2-12H,1H3,(H,17,18)/b11-10-. The van der Waals surface area contributed by atoms with Crippen LogP contribution in [0, 0.1) is 0 Å². The molecule has 0 aliphatic heterocycles. The van der Waals surface area contributed by atoms with Gasteiger partial charge in [0.25, 0.3) is 0 Å². The minimum absolute atomic E-state index is 0.0488. The van der Waals surface area contributed by atoms with Crippen molar-refractivity contribution in [3.05, 3.63) is 65.9 Å². The summed E-state index contributed by atoms with van der Waals surface area (Å²) in [5.41, 5.74) is 4.08. The SMILES string of the molecule is CC(=O)Nc1cccc(/C=C\[Si]c2ccccc2)c1. The predicted molar refractivity (Wildman–Crippen MR) is 81.6 cm³/mol. The second kappa shape index (κ2) is 6.71. The van der Waals surface area contributed by atoms with E-state index >= 15 is 0 Å². The minimum atomic E-state index is -0.0488. The summed E-state index contributed by atoms with van der Waals surface area (Å²) in [4.78, 5) is 11.0. The molecule has 0 aliphatic rings. The Bertz CT molecular complexity index is 578. The number of nitrogens with one attached hydrogen (secondary N) is 1. The highest BCUT2D eigenvalue weighted by Crippen LogP contribution is 2.11. The first kappa shape index (κ1) is 13.3. The van der Waals surface area contributed by atoms with Crippen molar-refractivity contribution in [2.45, 2.75) is 6.92 Å². The third-order valence-corrected chi connectivity index (χ3v) is 3.51. The molecule has 0 aliphatic carbocycles. The lowest BCUT2D eigenvalue weighted by Gasteiger charge is -2.02. The Morgan fingerprint density at radius 2 is 1.89 bits per heavy atom. The minimum Gasteiger partial charge on any atom is -0.326 e. The largest absolute Gasteiger partial charge is 0.326 e. The van der Waals surface area contributed by atoms with Gasteiger partial charge in [-0.2, -0.15) is 0 Å². The van der Waals surface area contributed by atoms with Gasteiger partial charge in [0.2, 0.25) is 5.91 Å². The maximum absolute atomic E-state index is 11.0. The predicted octanol–water partition coefficient (Wildman–Crippen LogP) is 2.65. The van der Waals surface area contributed by atoms with Gasteiger partial charge in [0.15, 0.2) is 0 Å². The molecular formula is C16H15NOSi. The normalized spacial score (nSPS) is 10.6. The number of benzene rings is 2. The van der Waals surface area contributed by atoms with Gasteiger partial charge in [0.05, 0.1) is 0 Å². The van der Waals surface area contributed by atoms with E-state index in [9.17, 15) is 4.79 Å². The summed E-state index contributed by atoms with van der Waals surface area (Å²) in [6.07, 6.45) is 2.08. The first-order chi connectivity index (χ1) is 9.24. The first-order valence-corrected chi connectivity index (χ1v) is 7.17. The fourth-order valence-electron chi connectivity index (χ4n) is 1.69. The van der Waals surface area contributed by atoms with Crippen molar-refractivity contribution in [1.82, 2.24) is 0 Å². The van der Waals surface area contributed by atoms with E-state index in [2.05, 4.69) is 29.2 Å². The van der Waals surface area contributed by atoms with Gasteiger partial charge in [-0.3, -0.25) is 4.79 Å². The third-order valence-electron chi connectivity index (χ3n) is 2.51. The highest BCUT2D eigenvalue weighted by molar-refractivity contribution is 6.59. The second-order valence-corrected chi connectivity index (χ2v) is 5.35. The van der Waals surface area contributed by atoms with E-state index in [1.807, 2.05) is 42.5 Å². The van der Waals surface area contributed by atoms with Crippen molar-refractivity contribution in [3.63, 3.8) is 0 Å². The molecule has 0 aromatic heterocycles. The maximum Gasteiger partial charge on any atom is 0.221 e. The number of rotatable bonds is 4. The zero-order valence-corrected chi connectivity index (χ0v) is 11.8. The molecule has 0 spiro atoms. The summed E-state index contributed by atoms with van der Waals surface area (Å²) in [5.74, 6) is -0.0488. The lowest BCUT2D eigenvalue weighted by molar-refractivity contribution is -0.114. The molecule has 2 radical (unpaired) electrons. The smallest absolute Gasteiger partial charge is 0.221 e. The van der Waals surface area contributed by atoms with Gasteiger partial charge in [-0.25, -0.2) is 0 Å². The van der Waals surface area contributed by atoms with Gasteiger partial charge in [-0.15, -0.1) is 0 Å². The fraction of sp³-hybridized carbons (Fsp3) is 0.0625. The van der Waals surface area contributed by atoms with E-state index in [1.165, 1.54) is 12.1 Å². The number of carbonyl (C=O) groups excluding carboxylic acids is 1. The van der Waals surface area contributed by atoms with E-state index in [4.69, 9.17) is 0 Å². The molecule has 0 saturated carbocycles. The molecule has 19 heavy (non-hydrogen) atoms. The number of amides is 1. The zero-order valence-electron chi connectivity index (χ0n) is 10.8. The van der Waals surface area contributed by atoms with Crippen LogP contribution in [0.15, 0.2) is 60.3 Å². The van der Waals surface area contributed by atoms with Crippen molar-refractivity contribution in [2.75, 3.05) is 5.32 Å². The molecule has 0 unspecified atom stereocenters. The van der Waals surface area contributed by atoms with Crippen molar-refractivity contribution >= 4 is 32.4 Å². The summed E-state index contributed by atoms with van der Waals surface area (Å²) in [6.45, 7) is 1.51. The van der Waals surface area contributed by atoms with E-state index < -0.39 is 0 Å². The van der Waals surface area contributed by atoms with E-state index in [-0.39, 0.29) is 5.91 Å². The van der Waals surface area contributed by atoms with Crippen molar-refractivity contribution in [1.29, 1.82) is 0 Å². The second-order valence-electron chi connectivity index (χ2n) is 4.15. The maximum atomic E-state index is 11.0. The molecule has 0 fully saturated rings. The lowest BCUT2D eigenvalue weighted by Crippen LogP contribution is -2.10. The molecule has 0 bridgehead atoms. The quantitative estimate of drug-likeness (QED) is 0.846. The van der Waals surface area contributed by atoms with Crippen LogP contribution in [0.4, 0.5) is 5.69 Å². The van der Waals surface area contributed by atoms with Gasteiger partial charge in [0, 0.05) is 12.6 Å². The first-order valence-electron chi connectivity index (χ1n) is 6.10. The monoisotopic (exact) mass is 265 g/mol. The van der Waals surface area contributed by atoms with Crippen LogP contribution in [-0.4, -0.2) is 15.4 Å². The fourth-order valence-corrected chi connectivity index (χ4v) is 2.54. The Labute approximate surface area is 116 Å². The molecule has 94 valence electrons. The molecule has 1 N–H and O–H groups in total. The van der Waals surface area contributed by atoms with E-state index in [1.54, 1.807) is 0 Å². The van der Waals surface area contributed by atoms with Crippen LogP contribution in [0.1, 0.15) is 12.5 Å². The molecule has 0 saturated heterocycles. The summed E-state index contributed by atoms with van der Waals surface area (Å²) < 4.78 is 0. The third kappa shape index (κ3) is 4.56. The Kier molecular flexibility index (Phi) is 4.70. The number of carbonyl (C=O) groups is 1. The van der Waals surface area contributed by atoms with Crippen molar-refractivity contribution in [2.24, 2.45) is 0 Å². The summed E-state index contributed by atoms with van der Waals surface area (Å²) >= 11 is 0. The molecular weight excluding hydrogens is 250 g/mol. The molecule has 0 atom stereocenters. The van der Waals surface area contributed by atoms with Crippen LogP contribution in [0.5, 0.6) is 0 Å². The van der Waals surface area contributed by atoms with Crippen LogP contribution in [0.3, 0.4) is 0 Å². The number of hydrogen-bond acceptors (Lipinski definition) is 1. The Hall–Kier alpha value is -2.13. The Morgan fingerprint density at radius 1 is 1.11 bits per heavy atom. The van der Waals surface area contributed by atoms with Crippen molar-refractivity contribution < 1.29 is 4.79 Å². The van der Waals surface area contributed by atoms with E-state index in [0.717, 1.165) is 11.3 Å². The van der Waals surface area contributed by atoms with Crippen LogP contribution in [-0.2, 0) is 4.79 Å².